The molecule has 0 saturated carbocycles. The van der Waals surface area contributed by atoms with Crippen molar-refractivity contribution in [2.24, 2.45) is 17.3 Å². The normalized spacial score (nSPS) is 30.7. The maximum atomic E-state index is 11.9. The van der Waals surface area contributed by atoms with Gasteiger partial charge in [-0.2, -0.15) is 0 Å². The molecule has 1 aliphatic rings. The molecule has 2 unspecified atom stereocenters. The number of rotatable bonds is 4. The van der Waals surface area contributed by atoms with E-state index in [9.17, 15) is 9.59 Å². The number of hydrogen-bond acceptors (Lipinski definition) is 3. The lowest BCUT2D eigenvalue weighted by molar-refractivity contribution is -0.145. The molecule has 0 spiro atoms. The van der Waals surface area contributed by atoms with Gasteiger partial charge < -0.3 is 4.74 Å². The van der Waals surface area contributed by atoms with Crippen LogP contribution in [0.1, 0.15) is 33.6 Å². The lowest BCUT2D eigenvalue weighted by atomic mass is 9.65. The first-order valence-electron chi connectivity index (χ1n) is 5.73. The number of carbonyl (C=O) groups is 2. The minimum Gasteiger partial charge on any atom is -0.385 e. The number of amides is 2. The zero-order valence-electron chi connectivity index (χ0n) is 10.5. The van der Waals surface area contributed by atoms with Crippen molar-refractivity contribution in [2.45, 2.75) is 33.6 Å². The van der Waals surface area contributed by atoms with Gasteiger partial charge in [0, 0.05) is 26.1 Å². The summed E-state index contributed by atoms with van der Waals surface area (Å²) in [4.78, 5) is 23.3. The van der Waals surface area contributed by atoms with E-state index >= 15 is 0 Å². The molecule has 2 amide bonds. The highest BCUT2D eigenvalue weighted by Crippen LogP contribution is 2.41. The van der Waals surface area contributed by atoms with E-state index in [1.807, 2.05) is 20.8 Å². The molecule has 1 N–H and O–H groups in total. The number of ether oxygens (including phenoxy) is 1. The third-order valence-corrected chi connectivity index (χ3v) is 3.40. The van der Waals surface area contributed by atoms with E-state index in [0.717, 1.165) is 6.42 Å². The van der Waals surface area contributed by atoms with Gasteiger partial charge in [0.2, 0.25) is 11.8 Å². The third-order valence-electron chi connectivity index (χ3n) is 3.40. The van der Waals surface area contributed by atoms with Crippen LogP contribution in [-0.2, 0) is 14.3 Å². The molecule has 2 atom stereocenters. The van der Waals surface area contributed by atoms with Crippen molar-refractivity contribution in [1.29, 1.82) is 0 Å². The average Bonchev–Trinajstić information content (AvgIpc) is 2.12. The highest BCUT2D eigenvalue weighted by molar-refractivity contribution is 5.99. The van der Waals surface area contributed by atoms with Crippen molar-refractivity contribution in [2.75, 3.05) is 13.7 Å². The molecule has 0 aliphatic carbocycles. The van der Waals surface area contributed by atoms with Crippen molar-refractivity contribution in [3.63, 3.8) is 0 Å². The Bertz CT molecular complexity index is 288. The van der Waals surface area contributed by atoms with Gasteiger partial charge in [0.1, 0.15) is 0 Å². The van der Waals surface area contributed by atoms with E-state index in [-0.39, 0.29) is 29.1 Å². The highest BCUT2D eigenvalue weighted by Gasteiger charge is 2.46. The number of imide groups is 1. The van der Waals surface area contributed by atoms with Gasteiger partial charge >= 0.3 is 0 Å². The number of nitrogens with one attached hydrogen (secondary N) is 1. The fourth-order valence-electron chi connectivity index (χ4n) is 2.74. The predicted molar refractivity (Wildman–Crippen MR) is 60.7 cm³/mol. The molecule has 4 heteroatoms. The second kappa shape index (κ2) is 4.95. The summed E-state index contributed by atoms with van der Waals surface area (Å²) >= 11 is 0. The smallest absolute Gasteiger partial charge is 0.230 e. The fourth-order valence-corrected chi connectivity index (χ4v) is 2.74. The van der Waals surface area contributed by atoms with Crippen LogP contribution in [0.2, 0.25) is 0 Å². The van der Waals surface area contributed by atoms with Crippen LogP contribution in [-0.4, -0.2) is 25.5 Å². The van der Waals surface area contributed by atoms with Crippen LogP contribution in [0.25, 0.3) is 0 Å². The Morgan fingerprint density at radius 1 is 1.50 bits per heavy atom. The molecule has 0 bridgehead atoms. The molecule has 16 heavy (non-hydrogen) atoms. The molecule has 4 nitrogen and oxygen atoms in total. The summed E-state index contributed by atoms with van der Waals surface area (Å²) in [5.41, 5.74) is -0.274. The van der Waals surface area contributed by atoms with E-state index in [2.05, 4.69) is 5.32 Å². The van der Waals surface area contributed by atoms with E-state index in [4.69, 9.17) is 4.74 Å². The standard InChI is InChI=1S/C12H21NO3/c1-8(2)10-11(15)13-9(14)7-12(10,3)5-6-16-4/h8,10H,5-7H2,1-4H3,(H,13,14,15). The molecule has 0 aromatic carbocycles. The molecule has 1 saturated heterocycles. The van der Waals surface area contributed by atoms with Gasteiger partial charge in [0.15, 0.2) is 0 Å². The van der Waals surface area contributed by atoms with Gasteiger partial charge in [-0.1, -0.05) is 20.8 Å². The van der Waals surface area contributed by atoms with Crippen LogP contribution >= 0.6 is 0 Å². The van der Waals surface area contributed by atoms with Crippen molar-refractivity contribution < 1.29 is 14.3 Å². The molecule has 1 heterocycles. The number of methoxy groups -OCH3 is 1. The Morgan fingerprint density at radius 2 is 2.12 bits per heavy atom. The first-order chi connectivity index (χ1) is 7.40. The molecule has 0 radical (unpaired) electrons. The monoisotopic (exact) mass is 227 g/mol. The van der Waals surface area contributed by atoms with Crippen LogP contribution < -0.4 is 5.32 Å². The minimum atomic E-state index is -0.274. The summed E-state index contributed by atoms with van der Waals surface area (Å²) in [5, 5.41) is 2.42. The lowest BCUT2D eigenvalue weighted by Crippen LogP contribution is -2.53. The first kappa shape index (κ1) is 13.2. The Hall–Kier alpha value is -0.900. The molecular weight excluding hydrogens is 206 g/mol. The summed E-state index contributed by atoms with van der Waals surface area (Å²) in [6, 6.07) is 0. The van der Waals surface area contributed by atoms with E-state index in [0.29, 0.717) is 13.0 Å². The largest absolute Gasteiger partial charge is 0.385 e. The van der Waals surface area contributed by atoms with E-state index in [1.165, 1.54) is 0 Å². The quantitative estimate of drug-likeness (QED) is 0.737. The average molecular weight is 227 g/mol. The van der Waals surface area contributed by atoms with Crippen LogP contribution in [0, 0.1) is 17.3 Å². The lowest BCUT2D eigenvalue weighted by Gasteiger charge is -2.41. The van der Waals surface area contributed by atoms with Gasteiger partial charge in [0.05, 0.1) is 0 Å². The number of hydrogen-bond donors (Lipinski definition) is 1. The van der Waals surface area contributed by atoms with Gasteiger partial charge in [-0.3, -0.25) is 14.9 Å². The van der Waals surface area contributed by atoms with Crippen LogP contribution in [0.3, 0.4) is 0 Å². The van der Waals surface area contributed by atoms with Crippen molar-refractivity contribution in [1.82, 2.24) is 5.32 Å². The fraction of sp³-hybridized carbons (Fsp3) is 0.833. The topological polar surface area (TPSA) is 55.4 Å². The first-order valence-corrected chi connectivity index (χ1v) is 5.73. The minimum absolute atomic E-state index is 0.111. The van der Waals surface area contributed by atoms with Gasteiger partial charge in [0.25, 0.3) is 0 Å². The Balaban J connectivity index is 2.89. The molecule has 0 aromatic heterocycles. The molecule has 1 rings (SSSR count). The predicted octanol–water partition coefficient (Wildman–Crippen LogP) is 1.35. The molecular formula is C12H21NO3. The summed E-state index contributed by atoms with van der Waals surface area (Å²) < 4.78 is 5.07. The SMILES string of the molecule is COCCC1(C)CC(=O)NC(=O)C1C(C)C. The van der Waals surface area contributed by atoms with Gasteiger partial charge in [-0.25, -0.2) is 0 Å². The molecule has 1 aliphatic heterocycles. The van der Waals surface area contributed by atoms with Gasteiger partial charge in [-0.05, 0) is 17.8 Å². The second-order valence-electron chi connectivity index (χ2n) is 5.21. The van der Waals surface area contributed by atoms with Crippen molar-refractivity contribution in [3.8, 4) is 0 Å². The number of piperidine rings is 1. The van der Waals surface area contributed by atoms with Crippen LogP contribution in [0.5, 0.6) is 0 Å². The van der Waals surface area contributed by atoms with Gasteiger partial charge in [-0.15, -0.1) is 0 Å². The molecule has 92 valence electrons. The van der Waals surface area contributed by atoms with Crippen molar-refractivity contribution in [3.05, 3.63) is 0 Å². The molecule has 0 aromatic rings. The second-order valence-corrected chi connectivity index (χ2v) is 5.21. The van der Waals surface area contributed by atoms with Crippen molar-refractivity contribution >= 4 is 11.8 Å². The van der Waals surface area contributed by atoms with E-state index in [1.54, 1.807) is 7.11 Å². The summed E-state index contributed by atoms with van der Waals surface area (Å²) in [7, 11) is 1.64. The Labute approximate surface area is 96.7 Å². The summed E-state index contributed by atoms with van der Waals surface area (Å²) in [5.74, 6) is -0.180. The summed E-state index contributed by atoms with van der Waals surface area (Å²) in [6.07, 6.45) is 1.15. The zero-order chi connectivity index (χ0) is 12.3. The zero-order valence-corrected chi connectivity index (χ0v) is 10.5. The van der Waals surface area contributed by atoms with Crippen LogP contribution in [0.15, 0.2) is 0 Å². The maximum Gasteiger partial charge on any atom is 0.230 e. The summed E-state index contributed by atoms with van der Waals surface area (Å²) in [6.45, 7) is 6.63. The number of carbonyl (C=O) groups excluding carboxylic acids is 2. The third kappa shape index (κ3) is 2.61. The highest BCUT2D eigenvalue weighted by atomic mass is 16.5. The van der Waals surface area contributed by atoms with E-state index < -0.39 is 0 Å². The molecule has 1 fully saturated rings. The Morgan fingerprint density at radius 3 is 2.62 bits per heavy atom. The maximum absolute atomic E-state index is 11.9. The van der Waals surface area contributed by atoms with Crippen LogP contribution in [0.4, 0.5) is 0 Å². The Kier molecular flexibility index (Phi) is 4.08.